The van der Waals surface area contributed by atoms with Crippen LogP contribution < -0.4 is 10.2 Å². The molecule has 0 aromatic heterocycles. The average Bonchev–Trinajstić information content (AvgIpc) is 2.45. The fourth-order valence-electron chi connectivity index (χ4n) is 2.16. The molecule has 1 saturated heterocycles. The molecule has 0 saturated carbocycles. The highest BCUT2D eigenvalue weighted by Crippen LogP contribution is 2.10. The lowest BCUT2D eigenvalue weighted by molar-refractivity contribution is 0.248. The summed E-state index contributed by atoms with van der Waals surface area (Å²) in [6.45, 7) is 6.45. The Morgan fingerprint density at radius 2 is 1.89 bits per heavy atom. The summed E-state index contributed by atoms with van der Waals surface area (Å²) in [5.74, 6) is 0. The fourth-order valence-corrected chi connectivity index (χ4v) is 2.16. The van der Waals surface area contributed by atoms with Crippen molar-refractivity contribution in [2.45, 2.75) is 0 Å². The van der Waals surface area contributed by atoms with E-state index in [1.807, 2.05) is 6.21 Å². The fraction of sp³-hybridized carbons (Fsp3) is 0.533. The summed E-state index contributed by atoms with van der Waals surface area (Å²) in [5, 5.41) is 3.36. The molecular weight excluding hydrogens is 236 g/mol. The van der Waals surface area contributed by atoms with E-state index >= 15 is 0 Å². The first-order valence-electron chi connectivity index (χ1n) is 6.96. The third-order valence-corrected chi connectivity index (χ3v) is 3.40. The number of benzene rings is 1. The Morgan fingerprint density at radius 1 is 1.21 bits per heavy atom. The zero-order chi connectivity index (χ0) is 13.5. The summed E-state index contributed by atoms with van der Waals surface area (Å²) < 4.78 is 0. The molecule has 1 aromatic carbocycles. The van der Waals surface area contributed by atoms with Gasteiger partial charge in [-0.2, -0.15) is 0 Å². The van der Waals surface area contributed by atoms with Gasteiger partial charge in [0, 0.05) is 58.7 Å². The van der Waals surface area contributed by atoms with Crippen LogP contribution in [0.3, 0.4) is 0 Å². The minimum Gasteiger partial charge on any atom is -0.378 e. The van der Waals surface area contributed by atoms with Gasteiger partial charge in [-0.15, -0.1) is 0 Å². The van der Waals surface area contributed by atoms with Crippen LogP contribution in [0.1, 0.15) is 5.56 Å². The second-order valence-corrected chi connectivity index (χ2v) is 5.11. The molecule has 1 heterocycles. The molecule has 1 fully saturated rings. The van der Waals surface area contributed by atoms with Gasteiger partial charge in [0.25, 0.3) is 0 Å². The average molecular weight is 260 g/mol. The number of aliphatic imine (C=N–C) groups is 1. The van der Waals surface area contributed by atoms with Gasteiger partial charge in [-0.05, 0) is 17.7 Å². The molecule has 0 bridgehead atoms. The molecule has 2 rings (SSSR count). The van der Waals surface area contributed by atoms with Crippen LogP contribution in [0.25, 0.3) is 0 Å². The summed E-state index contributed by atoms with van der Waals surface area (Å²) in [6, 6.07) is 8.47. The third-order valence-electron chi connectivity index (χ3n) is 3.40. The number of anilines is 1. The van der Waals surface area contributed by atoms with Crippen LogP contribution in [0, 0.1) is 0 Å². The normalized spacial score (nSPS) is 16.9. The molecule has 0 radical (unpaired) electrons. The number of rotatable bonds is 5. The molecule has 0 unspecified atom stereocenters. The minimum atomic E-state index is 0.884. The van der Waals surface area contributed by atoms with Crippen LogP contribution >= 0.6 is 0 Å². The minimum absolute atomic E-state index is 0.884. The molecule has 1 aliphatic rings. The molecule has 0 spiro atoms. The van der Waals surface area contributed by atoms with Crippen LogP contribution in [0.15, 0.2) is 29.3 Å². The molecule has 4 nitrogen and oxygen atoms in total. The van der Waals surface area contributed by atoms with Crippen molar-refractivity contribution >= 4 is 11.9 Å². The van der Waals surface area contributed by atoms with Crippen molar-refractivity contribution in [3.8, 4) is 0 Å². The molecular formula is C15H24N4. The van der Waals surface area contributed by atoms with Gasteiger partial charge in [-0.3, -0.25) is 9.89 Å². The first-order valence-corrected chi connectivity index (χ1v) is 6.96. The van der Waals surface area contributed by atoms with Gasteiger partial charge in [0.2, 0.25) is 0 Å². The zero-order valence-electron chi connectivity index (χ0n) is 12.0. The topological polar surface area (TPSA) is 30.9 Å². The quantitative estimate of drug-likeness (QED) is 0.804. The maximum atomic E-state index is 4.51. The molecule has 0 aliphatic carbocycles. The number of hydrogen-bond acceptors (Lipinski definition) is 4. The van der Waals surface area contributed by atoms with E-state index in [9.17, 15) is 0 Å². The Balaban J connectivity index is 1.75. The van der Waals surface area contributed by atoms with Crippen LogP contribution in [-0.2, 0) is 0 Å². The molecule has 4 heteroatoms. The van der Waals surface area contributed by atoms with Gasteiger partial charge in [0.05, 0.1) is 6.54 Å². The van der Waals surface area contributed by atoms with Crippen molar-refractivity contribution in [3.05, 3.63) is 29.8 Å². The summed E-state index contributed by atoms with van der Waals surface area (Å²) in [7, 11) is 4.10. The first-order chi connectivity index (χ1) is 9.25. The first kappa shape index (κ1) is 14.0. The maximum absolute atomic E-state index is 4.51. The van der Waals surface area contributed by atoms with Gasteiger partial charge >= 0.3 is 0 Å². The highest BCUT2D eigenvalue weighted by molar-refractivity contribution is 5.80. The summed E-state index contributed by atoms with van der Waals surface area (Å²) >= 11 is 0. The van der Waals surface area contributed by atoms with E-state index in [4.69, 9.17) is 0 Å². The van der Waals surface area contributed by atoms with Crippen molar-refractivity contribution in [3.63, 3.8) is 0 Å². The van der Waals surface area contributed by atoms with Gasteiger partial charge in [-0.1, -0.05) is 12.1 Å². The summed E-state index contributed by atoms with van der Waals surface area (Å²) in [5.41, 5.74) is 2.39. The maximum Gasteiger partial charge on any atom is 0.0517 e. The lowest BCUT2D eigenvalue weighted by Crippen LogP contribution is -2.44. The van der Waals surface area contributed by atoms with Crippen LogP contribution in [0.4, 0.5) is 5.69 Å². The SMILES string of the molecule is CN(C)c1ccc(C=NCCN2CCNCC2)cc1. The highest BCUT2D eigenvalue weighted by Gasteiger charge is 2.07. The lowest BCUT2D eigenvalue weighted by Gasteiger charge is -2.26. The van der Waals surface area contributed by atoms with Gasteiger partial charge < -0.3 is 10.2 Å². The Kier molecular flexibility index (Phi) is 5.36. The van der Waals surface area contributed by atoms with Crippen molar-refractivity contribution in [1.82, 2.24) is 10.2 Å². The molecule has 19 heavy (non-hydrogen) atoms. The molecule has 0 atom stereocenters. The van der Waals surface area contributed by atoms with Crippen LogP contribution in [0.2, 0.25) is 0 Å². The van der Waals surface area contributed by atoms with E-state index < -0.39 is 0 Å². The predicted molar refractivity (Wildman–Crippen MR) is 82.5 cm³/mol. The van der Waals surface area contributed by atoms with E-state index in [2.05, 4.69) is 58.5 Å². The molecule has 1 N–H and O–H groups in total. The largest absolute Gasteiger partial charge is 0.378 e. The van der Waals surface area contributed by atoms with Gasteiger partial charge in [0.15, 0.2) is 0 Å². The molecule has 104 valence electrons. The van der Waals surface area contributed by atoms with Crippen molar-refractivity contribution in [2.24, 2.45) is 4.99 Å². The van der Waals surface area contributed by atoms with Crippen molar-refractivity contribution in [2.75, 3.05) is 58.3 Å². The molecule has 1 aromatic rings. The predicted octanol–water partition coefficient (Wildman–Crippen LogP) is 1.08. The van der Waals surface area contributed by atoms with E-state index in [1.165, 1.54) is 11.3 Å². The van der Waals surface area contributed by atoms with Crippen LogP contribution in [-0.4, -0.2) is 64.5 Å². The Hall–Kier alpha value is -1.39. The van der Waals surface area contributed by atoms with Crippen molar-refractivity contribution in [1.29, 1.82) is 0 Å². The van der Waals surface area contributed by atoms with Gasteiger partial charge in [-0.25, -0.2) is 0 Å². The Labute approximate surface area is 116 Å². The van der Waals surface area contributed by atoms with Gasteiger partial charge in [0.1, 0.15) is 0 Å². The molecule has 0 amide bonds. The van der Waals surface area contributed by atoms with E-state index in [1.54, 1.807) is 0 Å². The smallest absolute Gasteiger partial charge is 0.0517 e. The summed E-state index contributed by atoms with van der Waals surface area (Å²) in [4.78, 5) is 9.07. The van der Waals surface area contributed by atoms with Crippen LogP contribution in [0.5, 0.6) is 0 Å². The lowest BCUT2D eigenvalue weighted by atomic mass is 10.2. The van der Waals surface area contributed by atoms with E-state index in [0.717, 1.165) is 39.3 Å². The molecule has 1 aliphatic heterocycles. The Bertz CT molecular complexity index is 391. The standard InChI is InChI=1S/C15H24N4/c1-18(2)15-5-3-14(4-6-15)13-17-9-12-19-10-7-16-8-11-19/h3-6,13,16H,7-12H2,1-2H3. The number of nitrogens with zero attached hydrogens (tertiary/aromatic N) is 3. The highest BCUT2D eigenvalue weighted by atomic mass is 15.2. The van der Waals surface area contributed by atoms with Crippen molar-refractivity contribution < 1.29 is 0 Å². The zero-order valence-corrected chi connectivity index (χ0v) is 12.0. The second kappa shape index (κ2) is 7.26. The second-order valence-electron chi connectivity index (χ2n) is 5.11. The van der Waals surface area contributed by atoms with E-state index in [-0.39, 0.29) is 0 Å². The number of piperazine rings is 1. The summed E-state index contributed by atoms with van der Waals surface area (Å²) in [6.07, 6.45) is 1.97. The monoisotopic (exact) mass is 260 g/mol. The number of nitrogens with one attached hydrogen (secondary N) is 1. The van der Waals surface area contributed by atoms with E-state index in [0.29, 0.717) is 0 Å². The third kappa shape index (κ3) is 4.65. The number of hydrogen-bond donors (Lipinski definition) is 1. The Morgan fingerprint density at radius 3 is 2.53 bits per heavy atom.